The lowest BCUT2D eigenvalue weighted by atomic mass is 9.84. The van der Waals surface area contributed by atoms with E-state index >= 15 is 0 Å². The second kappa shape index (κ2) is 11.5. The Kier molecular flexibility index (Phi) is 8.17. The molecule has 2 aliphatic rings. The Morgan fingerprint density at radius 1 is 1.17 bits per heavy atom. The third-order valence-corrected chi connectivity index (χ3v) is 6.48. The quantitative estimate of drug-likeness (QED) is 0.520. The summed E-state index contributed by atoms with van der Waals surface area (Å²) in [5.41, 5.74) is 0.508. The molecular weight excluding hydrogens is 455 g/mol. The van der Waals surface area contributed by atoms with E-state index in [0.717, 1.165) is 25.7 Å². The molecule has 1 aliphatic heterocycles. The average molecular weight is 487 g/mol. The number of amides is 2. The first kappa shape index (κ1) is 24.9. The van der Waals surface area contributed by atoms with Crippen LogP contribution in [0.15, 0.2) is 40.8 Å². The van der Waals surface area contributed by atoms with Crippen LogP contribution in [0.1, 0.15) is 62.4 Å². The Labute approximate surface area is 203 Å². The molecule has 1 aliphatic carbocycles. The summed E-state index contributed by atoms with van der Waals surface area (Å²) in [6.07, 6.45) is 5.01. The van der Waals surface area contributed by atoms with E-state index in [0.29, 0.717) is 30.3 Å². The molecule has 1 saturated carbocycles. The number of esters is 1. The second-order valence-electron chi connectivity index (χ2n) is 9.07. The number of benzene rings is 1. The molecule has 1 aromatic carbocycles. The Hall–Kier alpha value is -3.20. The zero-order valence-electron chi connectivity index (χ0n) is 19.8. The summed E-state index contributed by atoms with van der Waals surface area (Å²) < 4.78 is 29.8. The zero-order valence-corrected chi connectivity index (χ0v) is 19.8. The van der Waals surface area contributed by atoms with Crippen molar-refractivity contribution < 1.29 is 32.7 Å². The van der Waals surface area contributed by atoms with Crippen molar-refractivity contribution in [1.82, 2.24) is 10.6 Å². The van der Waals surface area contributed by atoms with E-state index in [1.807, 2.05) is 0 Å². The maximum atomic E-state index is 13.6. The van der Waals surface area contributed by atoms with Crippen LogP contribution < -0.4 is 10.6 Å². The molecule has 188 valence electrons. The van der Waals surface area contributed by atoms with Crippen LogP contribution in [0.2, 0.25) is 0 Å². The van der Waals surface area contributed by atoms with Gasteiger partial charge in [-0.05, 0) is 43.5 Å². The number of carbonyl (C=O) groups is 3. The van der Waals surface area contributed by atoms with E-state index in [4.69, 9.17) is 13.9 Å². The summed E-state index contributed by atoms with van der Waals surface area (Å²) in [4.78, 5) is 38.0. The maximum absolute atomic E-state index is 13.6. The minimum absolute atomic E-state index is 0.00960. The van der Waals surface area contributed by atoms with Gasteiger partial charge >= 0.3 is 5.97 Å². The number of cyclic esters (lactones) is 1. The number of rotatable bonds is 9. The van der Waals surface area contributed by atoms with Crippen molar-refractivity contribution in [2.24, 2.45) is 5.92 Å². The zero-order chi connectivity index (χ0) is 24.8. The lowest BCUT2D eigenvalue weighted by molar-refractivity contribution is -0.164. The van der Waals surface area contributed by atoms with Gasteiger partial charge in [0.2, 0.25) is 12.2 Å². The monoisotopic (exact) mass is 486 g/mol. The minimum atomic E-state index is -0.846. The van der Waals surface area contributed by atoms with E-state index in [1.165, 1.54) is 24.6 Å². The van der Waals surface area contributed by atoms with Crippen molar-refractivity contribution in [3.8, 4) is 11.3 Å². The molecule has 2 heterocycles. The van der Waals surface area contributed by atoms with Crippen LogP contribution in [0.4, 0.5) is 4.39 Å². The van der Waals surface area contributed by atoms with Gasteiger partial charge in [0, 0.05) is 12.2 Å². The second-order valence-corrected chi connectivity index (χ2v) is 9.07. The Balaban J connectivity index is 1.46. The molecular formula is C26H31FN2O6. The van der Waals surface area contributed by atoms with Gasteiger partial charge in [0.25, 0.3) is 5.91 Å². The number of hydrogen-bond acceptors (Lipinski definition) is 6. The van der Waals surface area contributed by atoms with E-state index in [-0.39, 0.29) is 12.2 Å². The van der Waals surface area contributed by atoms with E-state index < -0.39 is 42.0 Å². The van der Waals surface area contributed by atoms with Crippen molar-refractivity contribution in [3.05, 3.63) is 48.0 Å². The van der Waals surface area contributed by atoms with Crippen LogP contribution >= 0.6 is 0 Å². The Morgan fingerprint density at radius 2 is 1.97 bits per heavy atom. The molecule has 2 amide bonds. The fraction of sp³-hybridized carbons (Fsp3) is 0.500. The van der Waals surface area contributed by atoms with E-state index in [9.17, 15) is 18.8 Å². The molecule has 1 unspecified atom stereocenters. The highest BCUT2D eigenvalue weighted by molar-refractivity contribution is 5.96. The molecule has 1 aromatic heterocycles. The molecule has 9 heteroatoms. The van der Waals surface area contributed by atoms with Crippen molar-refractivity contribution in [2.75, 3.05) is 6.61 Å². The Bertz CT molecular complexity index is 1050. The number of hydrogen-bond donors (Lipinski definition) is 2. The van der Waals surface area contributed by atoms with Gasteiger partial charge < -0.3 is 24.5 Å². The molecule has 8 nitrogen and oxygen atoms in total. The average Bonchev–Trinajstić information content (AvgIpc) is 3.47. The third kappa shape index (κ3) is 6.48. The number of ether oxygens (including phenoxy) is 2. The molecule has 2 fully saturated rings. The SMILES string of the molecule is CCOC1OC(=O)C[C@@H]1NC(=O)[C@H](CC1CCCCC1)NC(=O)c1ccc(-c2cccc(F)c2)o1. The van der Waals surface area contributed by atoms with Crippen LogP contribution in [0.25, 0.3) is 11.3 Å². The number of nitrogens with one attached hydrogen (secondary N) is 2. The summed E-state index contributed by atoms with van der Waals surface area (Å²) in [5, 5.41) is 5.63. The summed E-state index contributed by atoms with van der Waals surface area (Å²) in [6.45, 7) is 2.11. The summed E-state index contributed by atoms with van der Waals surface area (Å²) in [7, 11) is 0. The highest BCUT2D eigenvalue weighted by Gasteiger charge is 2.38. The first-order valence-corrected chi connectivity index (χ1v) is 12.2. The third-order valence-electron chi connectivity index (χ3n) is 6.48. The van der Waals surface area contributed by atoms with Gasteiger partial charge in [0.05, 0.1) is 6.42 Å². The molecule has 2 N–H and O–H groups in total. The topological polar surface area (TPSA) is 107 Å². The normalized spacial score (nSPS) is 21.4. The summed E-state index contributed by atoms with van der Waals surface area (Å²) >= 11 is 0. The van der Waals surface area contributed by atoms with Crippen LogP contribution in [-0.4, -0.2) is 42.8 Å². The number of halogens is 1. The fourth-order valence-electron chi connectivity index (χ4n) is 4.73. The predicted octanol–water partition coefficient (Wildman–Crippen LogP) is 3.95. The van der Waals surface area contributed by atoms with Gasteiger partial charge in [-0.2, -0.15) is 0 Å². The van der Waals surface area contributed by atoms with Crippen molar-refractivity contribution in [1.29, 1.82) is 0 Å². The largest absolute Gasteiger partial charge is 0.451 e. The van der Waals surface area contributed by atoms with Crippen molar-refractivity contribution in [2.45, 2.75) is 70.2 Å². The standard InChI is InChI=1S/C26H31FN2O6/c1-2-33-26-20(15-23(30)35-26)29-24(31)19(13-16-7-4-3-5-8-16)28-25(32)22-12-11-21(34-22)17-9-6-10-18(27)14-17/h6,9-12,14,16,19-20,26H,2-5,7-8,13,15H2,1H3,(H,28,32)(H,29,31)/t19-,20-,26?/m0/s1. The van der Waals surface area contributed by atoms with Crippen molar-refractivity contribution in [3.63, 3.8) is 0 Å². The number of furan rings is 1. The Morgan fingerprint density at radius 3 is 2.71 bits per heavy atom. The highest BCUT2D eigenvalue weighted by atomic mass is 19.1. The van der Waals surface area contributed by atoms with Gasteiger partial charge in [-0.25, -0.2) is 4.39 Å². The first-order chi connectivity index (χ1) is 16.9. The summed E-state index contributed by atoms with van der Waals surface area (Å²) in [5.74, 6) is -1.10. The van der Waals surface area contributed by atoms with E-state index in [1.54, 1.807) is 25.1 Å². The van der Waals surface area contributed by atoms with Gasteiger partial charge in [-0.1, -0.05) is 44.2 Å². The molecule has 2 aromatic rings. The van der Waals surface area contributed by atoms with Gasteiger partial charge in [-0.3, -0.25) is 14.4 Å². The van der Waals surface area contributed by atoms with Crippen LogP contribution in [0, 0.1) is 11.7 Å². The first-order valence-electron chi connectivity index (χ1n) is 12.2. The lowest BCUT2D eigenvalue weighted by Crippen LogP contribution is -2.52. The van der Waals surface area contributed by atoms with Gasteiger partial charge in [0.1, 0.15) is 23.7 Å². The van der Waals surface area contributed by atoms with Crippen LogP contribution in [0.3, 0.4) is 0 Å². The summed E-state index contributed by atoms with van der Waals surface area (Å²) in [6, 6.07) is 7.55. The molecule has 3 atom stereocenters. The highest BCUT2D eigenvalue weighted by Crippen LogP contribution is 2.28. The molecule has 0 radical (unpaired) electrons. The van der Waals surface area contributed by atoms with Gasteiger partial charge in [0.15, 0.2) is 5.76 Å². The molecule has 0 bridgehead atoms. The fourth-order valence-corrected chi connectivity index (χ4v) is 4.73. The number of carbonyl (C=O) groups excluding carboxylic acids is 3. The molecule has 1 saturated heterocycles. The van der Waals surface area contributed by atoms with Crippen molar-refractivity contribution >= 4 is 17.8 Å². The smallest absolute Gasteiger partial charge is 0.310 e. The van der Waals surface area contributed by atoms with Crippen LogP contribution in [0.5, 0.6) is 0 Å². The van der Waals surface area contributed by atoms with Gasteiger partial charge in [-0.15, -0.1) is 0 Å². The predicted molar refractivity (Wildman–Crippen MR) is 125 cm³/mol. The molecule has 4 rings (SSSR count). The van der Waals surface area contributed by atoms with E-state index in [2.05, 4.69) is 10.6 Å². The molecule has 35 heavy (non-hydrogen) atoms. The van der Waals surface area contributed by atoms with Crippen LogP contribution in [-0.2, 0) is 19.1 Å². The molecule has 0 spiro atoms. The lowest BCUT2D eigenvalue weighted by Gasteiger charge is -2.28. The minimum Gasteiger partial charge on any atom is -0.451 e. The maximum Gasteiger partial charge on any atom is 0.310 e.